The molecule has 2 aromatic rings. The van der Waals surface area contributed by atoms with Crippen molar-refractivity contribution in [3.8, 4) is 11.4 Å². The van der Waals surface area contributed by atoms with Gasteiger partial charge in [-0.25, -0.2) is 4.68 Å². The van der Waals surface area contributed by atoms with Gasteiger partial charge < -0.3 is 11.5 Å². The lowest BCUT2D eigenvalue weighted by molar-refractivity contribution is 0.293. The average molecular weight is 258 g/mol. The lowest BCUT2D eigenvalue weighted by atomic mass is 10.00. The molecule has 1 aromatic heterocycles. The van der Waals surface area contributed by atoms with Crippen LogP contribution in [-0.4, -0.2) is 20.2 Å². The monoisotopic (exact) mass is 258 g/mol. The quantitative estimate of drug-likeness (QED) is 0.801. The summed E-state index contributed by atoms with van der Waals surface area (Å²) in [6, 6.07) is 5.44. The van der Waals surface area contributed by atoms with Crippen LogP contribution in [0.3, 0.4) is 0 Å². The first-order valence-corrected chi connectivity index (χ1v) is 6.54. The molecule has 0 spiro atoms. The zero-order chi connectivity index (χ0) is 13.5. The first-order chi connectivity index (χ1) is 9.10. The van der Waals surface area contributed by atoms with Gasteiger partial charge in [-0.3, -0.25) is 0 Å². The standard InChI is InChI=1S/C13H18N6/c1-13(6-2-3-7-13)19-12(16-17-18-19)10-5-4-9(14)8-11(10)15/h4-5,8H,2-3,6-7,14-15H2,1H3. The van der Waals surface area contributed by atoms with Crippen molar-refractivity contribution >= 4 is 11.4 Å². The van der Waals surface area contributed by atoms with Crippen molar-refractivity contribution in [2.45, 2.75) is 38.1 Å². The molecule has 3 rings (SSSR count). The molecule has 100 valence electrons. The van der Waals surface area contributed by atoms with E-state index in [1.807, 2.05) is 16.8 Å². The Morgan fingerprint density at radius 1 is 1.21 bits per heavy atom. The molecule has 0 saturated heterocycles. The van der Waals surface area contributed by atoms with Crippen molar-refractivity contribution < 1.29 is 0 Å². The maximum atomic E-state index is 6.03. The smallest absolute Gasteiger partial charge is 0.184 e. The van der Waals surface area contributed by atoms with Crippen molar-refractivity contribution in [1.29, 1.82) is 0 Å². The Labute approximate surface area is 111 Å². The second-order valence-electron chi connectivity index (χ2n) is 5.47. The van der Waals surface area contributed by atoms with E-state index in [-0.39, 0.29) is 5.54 Å². The zero-order valence-corrected chi connectivity index (χ0v) is 11.0. The largest absolute Gasteiger partial charge is 0.399 e. The SMILES string of the molecule is CC1(n2nnnc2-c2ccc(N)cc2N)CCCC1. The molecule has 4 N–H and O–H groups in total. The van der Waals surface area contributed by atoms with Crippen LogP contribution in [0, 0.1) is 0 Å². The van der Waals surface area contributed by atoms with Crippen molar-refractivity contribution in [2.75, 3.05) is 11.5 Å². The molecule has 6 nitrogen and oxygen atoms in total. The van der Waals surface area contributed by atoms with E-state index >= 15 is 0 Å². The lowest BCUT2D eigenvalue weighted by Crippen LogP contribution is -2.28. The minimum Gasteiger partial charge on any atom is -0.399 e. The number of nitrogen functional groups attached to an aromatic ring is 2. The number of rotatable bonds is 2. The van der Waals surface area contributed by atoms with Gasteiger partial charge in [0.25, 0.3) is 0 Å². The highest BCUT2D eigenvalue weighted by Gasteiger charge is 2.34. The molecule has 1 fully saturated rings. The van der Waals surface area contributed by atoms with Crippen LogP contribution in [-0.2, 0) is 5.54 Å². The second kappa shape index (κ2) is 4.22. The van der Waals surface area contributed by atoms with Crippen LogP contribution in [0.25, 0.3) is 11.4 Å². The van der Waals surface area contributed by atoms with Crippen LogP contribution in [0.2, 0.25) is 0 Å². The molecule has 19 heavy (non-hydrogen) atoms. The number of aromatic nitrogens is 4. The summed E-state index contributed by atoms with van der Waals surface area (Å²) in [6.45, 7) is 2.20. The summed E-state index contributed by atoms with van der Waals surface area (Å²) in [6.07, 6.45) is 4.62. The molecular formula is C13H18N6. The molecule has 1 saturated carbocycles. The Bertz CT molecular complexity index is 597. The Morgan fingerprint density at radius 2 is 1.95 bits per heavy atom. The van der Waals surface area contributed by atoms with E-state index in [1.54, 1.807) is 6.07 Å². The Balaban J connectivity index is 2.09. The van der Waals surface area contributed by atoms with E-state index in [0.717, 1.165) is 24.2 Å². The van der Waals surface area contributed by atoms with Crippen LogP contribution < -0.4 is 11.5 Å². The Kier molecular flexibility index (Phi) is 2.66. The van der Waals surface area contributed by atoms with Crippen LogP contribution in [0.15, 0.2) is 18.2 Å². The molecule has 1 aliphatic rings. The summed E-state index contributed by atoms with van der Waals surface area (Å²) in [7, 11) is 0. The molecule has 0 bridgehead atoms. The molecule has 0 unspecified atom stereocenters. The van der Waals surface area contributed by atoms with E-state index < -0.39 is 0 Å². The van der Waals surface area contributed by atoms with Crippen LogP contribution in [0.5, 0.6) is 0 Å². The number of anilines is 2. The number of hydrogen-bond acceptors (Lipinski definition) is 5. The minimum atomic E-state index is -0.00728. The van der Waals surface area contributed by atoms with Crippen molar-refractivity contribution in [3.63, 3.8) is 0 Å². The van der Waals surface area contributed by atoms with Gasteiger partial charge in [0.1, 0.15) is 0 Å². The van der Waals surface area contributed by atoms with Gasteiger partial charge in [0.2, 0.25) is 0 Å². The molecular weight excluding hydrogens is 240 g/mol. The fourth-order valence-corrected chi connectivity index (χ4v) is 2.85. The number of benzene rings is 1. The van der Waals surface area contributed by atoms with Gasteiger partial charge in [0, 0.05) is 16.9 Å². The minimum absolute atomic E-state index is 0.00728. The molecule has 0 atom stereocenters. The van der Waals surface area contributed by atoms with Crippen LogP contribution in [0.4, 0.5) is 11.4 Å². The first-order valence-electron chi connectivity index (χ1n) is 6.54. The Hall–Kier alpha value is -2.11. The molecule has 0 aliphatic heterocycles. The van der Waals surface area contributed by atoms with Gasteiger partial charge in [-0.1, -0.05) is 12.8 Å². The molecule has 6 heteroatoms. The highest BCUT2D eigenvalue weighted by atomic mass is 15.6. The van der Waals surface area contributed by atoms with E-state index in [2.05, 4.69) is 22.4 Å². The zero-order valence-electron chi connectivity index (χ0n) is 11.0. The second-order valence-corrected chi connectivity index (χ2v) is 5.47. The van der Waals surface area contributed by atoms with Gasteiger partial charge in [0.05, 0.1) is 5.54 Å². The molecule has 0 radical (unpaired) electrons. The number of hydrogen-bond donors (Lipinski definition) is 2. The third kappa shape index (κ3) is 1.93. The normalized spacial score (nSPS) is 17.7. The fraction of sp³-hybridized carbons (Fsp3) is 0.462. The molecule has 1 heterocycles. The number of nitrogens with two attached hydrogens (primary N) is 2. The number of tetrazole rings is 1. The van der Waals surface area contributed by atoms with Gasteiger partial charge in [0.15, 0.2) is 5.82 Å². The fourth-order valence-electron chi connectivity index (χ4n) is 2.85. The summed E-state index contributed by atoms with van der Waals surface area (Å²) >= 11 is 0. The summed E-state index contributed by atoms with van der Waals surface area (Å²) in [4.78, 5) is 0. The predicted molar refractivity (Wildman–Crippen MR) is 74.2 cm³/mol. The third-order valence-corrected chi connectivity index (χ3v) is 3.98. The van der Waals surface area contributed by atoms with Crippen molar-refractivity contribution in [1.82, 2.24) is 20.2 Å². The summed E-state index contributed by atoms with van der Waals surface area (Å²) in [5.41, 5.74) is 13.9. The van der Waals surface area contributed by atoms with Gasteiger partial charge in [-0.2, -0.15) is 0 Å². The van der Waals surface area contributed by atoms with Crippen LogP contribution >= 0.6 is 0 Å². The molecule has 0 amide bonds. The summed E-state index contributed by atoms with van der Waals surface area (Å²) in [5, 5.41) is 12.2. The number of nitrogens with zero attached hydrogens (tertiary/aromatic N) is 4. The van der Waals surface area contributed by atoms with Crippen LogP contribution in [0.1, 0.15) is 32.6 Å². The third-order valence-electron chi connectivity index (χ3n) is 3.98. The molecule has 1 aliphatic carbocycles. The maximum absolute atomic E-state index is 6.03. The van der Waals surface area contributed by atoms with Gasteiger partial charge >= 0.3 is 0 Å². The summed E-state index contributed by atoms with van der Waals surface area (Å²) in [5.74, 6) is 0.724. The van der Waals surface area contributed by atoms with Crippen molar-refractivity contribution in [3.05, 3.63) is 18.2 Å². The van der Waals surface area contributed by atoms with Crippen molar-refractivity contribution in [2.24, 2.45) is 0 Å². The predicted octanol–water partition coefficient (Wildman–Crippen LogP) is 1.79. The van der Waals surface area contributed by atoms with E-state index in [0.29, 0.717) is 11.4 Å². The average Bonchev–Trinajstić information content (AvgIpc) is 2.98. The van der Waals surface area contributed by atoms with Gasteiger partial charge in [-0.15, -0.1) is 5.10 Å². The van der Waals surface area contributed by atoms with E-state index in [4.69, 9.17) is 11.5 Å². The topological polar surface area (TPSA) is 95.6 Å². The molecule has 1 aromatic carbocycles. The summed E-state index contributed by atoms with van der Waals surface area (Å²) < 4.78 is 1.92. The van der Waals surface area contributed by atoms with E-state index in [9.17, 15) is 0 Å². The van der Waals surface area contributed by atoms with E-state index in [1.165, 1.54) is 12.8 Å². The highest BCUT2D eigenvalue weighted by Crippen LogP contribution is 2.38. The first kappa shape index (κ1) is 12.0. The maximum Gasteiger partial charge on any atom is 0.184 e. The lowest BCUT2D eigenvalue weighted by Gasteiger charge is -2.24. The highest BCUT2D eigenvalue weighted by molar-refractivity contribution is 5.74. The van der Waals surface area contributed by atoms with Gasteiger partial charge in [-0.05, 0) is 48.4 Å². The Morgan fingerprint density at radius 3 is 2.63 bits per heavy atom.